The minimum atomic E-state index is -0.603. The van der Waals surface area contributed by atoms with Crippen LogP contribution in [0.3, 0.4) is 0 Å². The topological polar surface area (TPSA) is 41.1 Å². The van der Waals surface area contributed by atoms with Gasteiger partial charge >= 0.3 is 0 Å². The summed E-state index contributed by atoms with van der Waals surface area (Å²) in [6.45, 7) is 3.03. The Morgan fingerprint density at radius 3 is 2.78 bits per heavy atom. The van der Waals surface area contributed by atoms with Gasteiger partial charge < -0.3 is 10.6 Å². The van der Waals surface area contributed by atoms with Crippen LogP contribution in [0, 0.1) is 11.6 Å². The summed E-state index contributed by atoms with van der Waals surface area (Å²) in [5, 5.41) is 5.55. The average molecular weight is 256 g/mol. The van der Waals surface area contributed by atoms with Crippen molar-refractivity contribution in [2.24, 2.45) is 0 Å². The van der Waals surface area contributed by atoms with E-state index in [0.717, 1.165) is 18.9 Å². The molecular weight excluding hydrogens is 238 g/mol. The first-order valence-corrected chi connectivity index (χ1v) is 6.04. The molecule has 18 heavy (non-hydrogen) atoms. The van der Waals surface area contributed by atoms with E-state index in [0.29, 0.717) is 12.1 Å². The van der Waals surface area contributed by atoms with Crippen molar-refractivity contribution < 1.29 is 13.6 Å². The SMILES string of the molecule is CCCCNC(=O)CNCc1ccc(F)cc1F. The fourth-order valence-electron chi connectivity index (χ4n) is 1.44. The number of amides is 1. The van der Waals surface area contributed by atoms with E-state index in [-0.39, 0.29) is 19.0 Å². The van der Waals surface area contributed by atoms with Crippen LogP contribution in [-0.2, 0) is 11.3 Å². The van der Waals surface area contributed by atoms with Crippen LogP contribution in [0.2, 0.25) is 0 Å². The standard InChI is InChI=1S/C13H18F2N2O/c1-2-3-6-17-13(18)9-16-8-10-4-5-11(14)7-12(10)15/h4-5,7,16H,2-3,6,8-9H2,1H3,(H,17,18). The van der Waals surface area contributed by atoms with Crippen LogP contribution in [0.1, 0.15) is 25.3 Å². The first-order valence-electron chi connectivity index (χ1n) is 6.04. The van der Waals surface area contributed by atoms with Crippen LogP contribution in [0.15, 0.2) is 18.2 Å². The molecule has 0 unspecified atom stereocenters. The number of hydrogen-bond acceptors (Lipinski definition) is 2. The van der Waals surface area contributed by atoms with Crippen molar-refractivity contribution in [3.05, 3.63) is 35.4 Å². The Kier molecular flexibility index (Phi) is 6.28. The van der Waals surface area contributed by atoms with Gasteiger partial charge in [0, 0.05) is 24.7 Å². The predicted octanol–water partition coefficient (Wildman–Crippen LogP) is 1.97. The fourth-order valence-corrected chi connectivity index (χ4v) is 1.44. The molecule has 0 spiro atoms. The van der Waals surface area contributed by atoms with Crippen molar-refractivity contribution in [1.29, 1.82) is 0 Å². The Labute approximate surface area is 106 Å². The van der Waals surface area contributed by atoms with Gasteiger partial charge in [0.05, 0.1) is 6.54 Å². The number of halogens is 2. The van der Waals surface area contributed by atoms with Gasteiger partial charge in [-0.25, -0.2) is 8.78 Å². The summed E-state index contributed by atoms with van der Waals surface area (Å²) < 4.78 is 25.9. The van der Waals surface area contributed by atoms with Crippen LogP contribution < -0.4 is 10.6 Å². The third-order valence-electron chi connectivity index (χ3n) is 2.47. The van der Waals surface area contributed by atoms with E-state index in [1.807, 2.05) is 6.92 Å². The van der Waals surface area contributed by atoms with Gasteiger partial charge in [0.1, 0.15) is 11.6 Å². The summed E-state index contributed by atoms with van der Waals surface area (Å²) in [6.07, 6.45) is 1.97. The quantitative estimate of drug-likeness (QED) is 0.732. The normalized spacial score (nSPS) is 10.4. The van der Waals surface area contributed by atoms with Crippen LogP contribution >= 0.6 is 0 Å². The third kappa shape index (κ3) is 5.23. The van der Waals surface area contributed by atoms with Gasteiger partial charge in [0.15, 0.2) is 0 Å². The fraction of sp³-hybridized carbons (Fsp3) is 0.462. The molecule has 0 aliphatic heterocycles. The maximum Gasteiger partial charge on any atom is 0.233 e. The molecule has 0 aliphatic rings. The minimum Gasteiger partial charge on any atom is -0.355 e. The largest absolute Gasteiger partial charge is 0.355 e. The van der Waals surface area contributed by atoms with Crippen molar-refractivity contribution in [2.75, 3.05) is 13.1 Å². The maximum atomic E-state index is 13.2. The van der Waals surface area contributed by atoms with E-state index in [9.17, 15) is 13.6 Å². The second-order valence-electron chi connectivity index (χ2n) is 4.04. The summed E-state index contributed by atoms with van der Waals surface area (Å²) in [4.78, 5) is 11.3. The number of hydrogen-bond donors (Lipinski definition) is 2. The monoisotopic (exact) mass is 256 g/mol. The molecule has 0 radical (unpaired) electrons. The zero-order chi connectivity index (χ0) is 13.4. The zero-order valence-electron chi connectivity index (χ0n) is 10.4. The van der Waals surface area contributed by atoms with Gasteiger partial charge in [-0.1, -0.05) is 19.4 Å². The molecule has 0 bridgehead atoms. The van der Waals surface area contributed by atoms with Crippen molar-refractivity contribution in [2.45, 2.75) is 26.3 Å². The molecule has 1 rings (SSSR count). The smallest absolute Gasteiger partial charge is 0.233 e. The highest BCUT2D eigenvalue weighted by molar-refractivity contribution is 5.77. The highest BCUT2D eigenvalue weighted by atomic mass is 19.1. The van der Waals surface area contributed by atoms with Crippen molar-refractivity contribution in [3.8, 4) is 0 Å². The average Bonchev–Trinajstić information content (AvgIpc) is 2.32. The maximum absolute atomic E-state index is 13.2. The summed E-state index contributed by atoms with van der Waals surface area (Å²) in [6, 6.07) is 3.40. The van der Waals surface area contributed by atoms with Gasteiger partial charge in [0.2, 0.25) is 5.91 Å². The van der Waals surface area contributed by atoms with Crippen molar-refractivity contribution >= 4 is 5.91 Å². The second kappa shape index (κ2) is 7.76. The highest BCUT2D eigenvalue weighted by Gasteiger charge is 2.04. The zero-order valence-corrected chi connectivity index (χ0v) is 10.4. The number of carbonyl (C=O) groups is 1. The summed E-state index contributed by atoms with van der Waals surface area (Å²) in [7, 11) is 0. The minimum absolute atomic E-state index is 0.119. The molecule has 0 heterocycles. The molecule has 0 saturated carbocycles. The van der Waals surface area contributed by atoms with Crippen LogP contribution in [0.25, 0.3) is 0 Å². The van der Waals surface area contributed by atoms with E-state index in [4.69, 9.17) is 0 Å². The third-order valence-corrected chi connectivity index (χ3v) is 2.47. The lowest BCUT2D eigenvalue weighted by molar-refractivity contribution is -0.120. The molecule has 0 saturated heterocycles. The number of nitrogens with one attached hydrogen (secondary N) is 2. The van der Waals surface area contributed by atoms with Crippen molar-refractivity contribution in [3.63, 3.8) is 0 Å². The van der Waals surface area contributed by atoms with Crippen molar-refractivity contribution in [1.82, 2.24) is 10.6 Å². The predicted molar refractivity (Wildman–Crippen MR) is 66.0 cm³/mol. The van der Waals surface area contributed by atoms with Gasteiger partial charge in [-0.15, -0.1) is 0 Å². The van der Waals surface area contributed by atoms with E-state index < -0.39 is 11.6 Å². The Balaban J connectivity index is 2.26. The Hall–Kier alpha value is -1.49. The first kappa shape index (κ1) is 14.6. The Morgan fingerprint density at radius 2 is 2.11 bits per heavy atom. The Bertz CT molecular complexity index is 397. The molecule has 1 aromatic rings. The van der Waals surface area contributed by atoms with Crippen LogP contribution in [-0.4, -0.2) is 19.0 Å². The van der Waals surface area contributed by atoms with E-state index in [1.165, 1.54) is 12.1 Å². The molecule has 1 amide bonds. The molecule has 3 nitrogen and oxygen atoms in total. The van der Waals surface area contributed by atoms with Gasteiger partial charge in [0.25, 0.3) is 0 Å². The molecule has 100 valence electrons. The second-order valence-corrected chi connectivity index (χ2v) is 4.04. The molecule has 0 aromatic heterocycles. The van der Waals surface area contributed by atoms with Gasteiger partial charge in [-0.3, -0.25) is 4.79 Å². The summed E-state index contributed by atoms with van der Waals surface area (Å²) in [5.41, 5.74) is 0.345. The number of benzene rings is 1. The van der Waals surface area contributed by atoms with Crippen LogP contribution in [0.4, 0.5) is 8.78 Å². The molecule has 1 aromatic carbocycles. The number of carbonyl (C=O) groups excluding carboxylic acids is 1. The molecule has 0 atom stereocenters. The molecule has 0 aliphatic carbocycles. The first-order chi connectivity index (χ1) is 8.63. The van der Waals surface area contributed by atoms with Gasteiger partial charge in [-0.05, 0) is 12.5 Å². The number of unbranched alkanes of at least 4 members (excludes halogenated alkanes) is 1. The van der Waals surface area contributed by atoms with E-state index >= 15 is 0 Å². The lowest BCUT2D eigenvalue weighted by Crippen LogP contribution is -2.34. The molecule has 5 heteroatoms. The lowest BCUT2D eigenvalue weighted by atomic mass is 10.2. The summed E-state index contributed by atoms with van der Waals surface area (Å²) >= 11 is 0. The lowest BCUT2D eigenvalue weighted by Gasteiger charge is -2.07. The Morgan fingerprint density at radius 1 is 1.33 bits per heavy atom. The number of rotatable bonds is 7. The van der Waals surface area contributed by atoms with Gasteiger partial charge in [-0.2, -0.15) is 0 Å². The van der Waals surface area contributed by atoms with Crippen LogP contribution in [0.5, 0.6) is 0 Å². The highest BCUT2D eigenvalue weighted by Crippen LogP contribution is 2.08. The summed E-state index contributed by atoms with van der Waals surface area (Å²) in [5.74, 6) is -1.33. The van der Waals surface area contributed by atoms with E-state index in [1.54, 1.807) is 0 Å². The molecule has 0 fully saturated rings. The molecule has 2 N–H and O–H groups in total. The molecular formula is C13H18F2N2O. The van der Waals surface area contributed by atoms with E-state index in [2.05, 4.69) is 10.6 Å².